The van der Waals surface area contributed by atoms with Gasteiger partial charge < -0.3 is 19.7 Å². The molecule has 0 saturated carbocycles. The van der Waals surface area contributed by atoms with Crippen LogP contribution in [0.25, 0.3) is 0 Å². The Morgan fingerprint density at radius 3 is 2.42 bits per heavy atom. The standard InChI is InChI=1S/C19H35N3O4/c1-4-20-19(22-14-11-16(12-15-22)18(24)25-3)21-13-9-7-6-8-10-17(23)26-5-2/h16H,4-15H2,1-3H3,(H,20,21). The summed E-state index contributed by atoms with van der Waals surface area (Å²) in [5.41, 5.74) is 0. The van der Waals surface area contributed by atoms with E-state index in [1.54, 1.807) is 0 Å². The first kappa shape index (κ1) is 22.3. The number of unbranched alkanes of at least 4 members (excludes halogenated alkanes) is 3. The van der Waals surface area contributed by atoms with Crippen LogP contribution in [0, 0.1) is 5.92 Å². The van der Waals surface area contributed by atoms with Gasteiger partial charge in [-0.05, 0) is 39.5 Å². The molecular weight excluding hydrogens is 334 g/mol. The van der Waals surface area contributed by atoms with E-state index in [0.29, 0.717) is 13.0 Å². The third-order valence-corrected chi connectivity index (χ3v) is 4.52. The number of aliphatic imine (C=N–C) groups is 1. The Kier molecular flexibility index (Phi) is 11.5. The van der Waals surface area contributed by atoms with Gasteiger partial charge in [-0.1, -0.05) is 12.8 Å². The van der Waals surface area contributed by atoms with Gasteiger partial charge in [0, 0.05) is 32.6 Å². The summed E-state index contributed by atoms with van der Waals surface area (Å²) < 4.78 is 9.76. The Morgan fingerprint density at radius 1 is 1.12 bits per heavy atom. The minimum atomic E-state index is -0.102. The van der Waals surface area contributed by atoms with E-state index in [2.05, 4.69) is 17.1 Å². The van der Waals surface area contributed by atoms with Gasteiger partial charge in [0.15, 0.2) is 5.96 Å². The summed E-state index contributed by atoms with van der Waals surface area (Å²) in [6.45, 7) is 7.60. The van der Waals surface area contributed by atoms with E-state index in [1.807, 2.05) is 6.92 Å². The van der Waals surface area contributed by atoms with Crippen molar-refractivity contribution in [2.45, 2.75) is 58.8 Å². The molecular formula is C19H35N3O4. The van der Waals surface area contributed by atoms with Crippen LogP contribution in [-0.4, -0.2) is 62.7 Å². The SMILES string of the molecule is CCNC(=NCCCCCCC(=O)OCC)N1CCC(C(=O)OC)CC1. The normalized spacial score (nSPS) is 15.7. The molecule has 1 saturated heterocycles. The number of nitrogens with one attached hydrogen (secondary N) is 1. The molecule has 0 unspecified atom stereocenters. The van der Waals surface area contributed by atoms with Crippen molar-refractivity contribution < 1.29 is 19.1 Å². The van der Waals surface area contributed by atoms with Crippen molar-refractivity contribution in [3.8, 4) is 0 Å². The number of likely N-dealkylation sites (tertiary alicyclic amines) is 1. The first-order chi connectivity index (χ1) is 12.6. The first-order valence-corrected chi connectivity index (χ1v) is 9.89. The van der Waals surface area contributed by atoms with Crippen molar-refractivity contribution in [1.29, 1.82) is 0 Å². The van der Waals surface area contributed by atoms with E-state index in [1.165, 1.54) is 7.11 Å². The summed E-state index contributed by atoms with van der Waals surface area (Å²) in [6, 6.07) is 0. The number of carbonyl (C=O) groups excluding carboxylic acids is 2. The van der Waals surface area contributed by atoms with E-state index >= 15 is 0 Å². The molecule has 1 aliphatic rings. The van der Waals surface area contributed by atoms with Crippen LogP contribution in [0.5, 0.6) is 0 Å². The average molecular weight is 370 g/mol. The summed E-state index contributed by atoms with van der Waals surface area (Å²) in [5, 5.41) is 3.34. The maximum Gasteiger partial charge on any atom is 0.308 e. The second-order valence-electron chi connectivity index (χ2n) is 6.49. The molecule has 0 aliphatic carbocycles. The van der Waals surface area contributed by atoms with Gasteiger partial charge in [0.25, 0.3) is 0 Å². The summed E-state index contributed by atoms with van der Waals surface area (Å²) in [6.07, 6.45) is 6.10. The molecule has 0 amide bonds. The second kappa shape index (κ2) is 13.4. The number of ether oxygens (including phenoxy) is 2. The van der Waals surface area contributed by atoms with Gasteiger partial charge in [0.05, 0.1) is 19.6 Å². The molecule has 0 spiro atoms. The van der Waals surface area contributed by atoms with E-state index in [4.69, 9.17) is 14.5 Å². The average Bonchev–Trinajstić information content (AvgIpc) is 2.66. The summed E-state index contributed by atoms with van der Waals surface area (Å²) in [7, 11) is 1.45. The zero-order valence-electron chi connectivity index (χ0n) is 16.6. The molecule has 1 fully saturated rings. The largest absolute Gasteiger partial charge is 0.469 e. The van der Waals surface area contributed by atoms with Crippen LogP contribution >= 0.6 is 0 Å². The molecule has 0 aromatic carbocycles. The number of guanidine groups is 1. The van der Waals surface area contributed by atoms with Crippen molar-refractivity contribution in [3.05, 3.63) is 0 Å². The molecule has 150 valence electrons. The molecule has 1 aliphatic heterocycles. The van der Waals surface area contributed by atoms with Crippen molar-refractivity contribution in [3.63, 3.8) is 0 Å². The van der Waals surface area contributed by atoms with Crippen LogP contribution in [0.4, 0.5) is 0 Å². The molecule has 0 bridgehead atoms. The highest BCUT2D eigenvalue weighted by molar-refractivity contribution is 5.80. The molecule has 0 atom stereocenters. The topological polar surface area (TPSA) is 80.2 Å². The highest BCUT2D eigenvalue weighted by Crippen LogP contribution is 2.18. The number of hydrogen-bond donors (Lipinski definition) is 1. The predicted octanol–water partition coefficient (Wildman–Crippen LogP) is 2.35. The monoisotopic (exact) mass is 369 g/mol. The fourth-order valence-electron chi connectivity index (χ4n) is 3.07. The Labute approximate surface area is 157 Å². The zero-order chi connectivity index (χ0) is 19.2. The molecule has 0 radical (unpaired) electrons. The fraction of sp³-hybridized carbons (Fsp3) is 0.842. The lowest BCUT2D eigenvalue weighted by Crippen LogP contribution is -2.46. The molecule has 1 heterocycles. The lowest BCUT2D eigenvalue weighted by Gasteiger charge is -2.33. The Morgan fingerprint density at radius 2 is 1.81 bits per heavy atom. The molecule has 0 aromatic heterocycles. The maximum atomic E-state index is 11.6. The number of rotatable bonds is 10. The van der Waals surface area contributed by atoms with Gasteiger partial charge in [0.1, 0.15) is 0 Å². The minimum Gasteiger partial charge on any atom is -0.469 e. The van der Waals surface area contributed by atoms with Gasteiger partial charge in [-0.3, -0.25) is 14.6 Å². The summed E-state index contributed by atoms with van der Waals surface area (Å²) in [4.78, 5) is 29.8. The molecule has 7 nitrogen and oxygen atoms in total. The van der Waals surface area contributed by atoms with Crippen molar-refractivity contribution in [1.82, 2.24) is 10.2 Å². The van der Waals surface area contributed by atoms with Gasteiger partial charge >= 0.3 is 11.9 Å². The lowest BCUT2D eigenvalue weighted by atomic mass is 9.97. The van der Waals surface area contributed by atoms with Crippen LogP contribution in [0.15, 0.2) is 4.99 Å². The maximum absolute atomic E-state index is 11.6. The zero-order valence-corrected chi connectivity index (χ0v) is 16.6. The van der Waals surface area contributed by atoms with Crippen LogP contribution in [0.3, 0.4) is 0 Å². The van der Waals surface area contributed by atoms with Gasteiger partial charge in [-0.15, -0.1) is 0 Å². The Bertz CT molecular complexity index is 446. The van der Waals surface area contributed by atoms with E-state index in [0.717, 1.165) is 70.7 Å². The molecule has 7 heteroatoms. The summed E-state index contributed by atoms with van der Waals surface area (Å²) in [5.74, 6) is 0.741. The van der Waals surface area contributed by atoms with Crippen LogP contribution in [0.2, 0.25) is 0 Å². The highest BCUT2D eigenvalue weighted by Gasteiger charge is 2.26. The highest BCUT2D eigenvalue weighted by atomic mass is 16.5. The molecule has 26 heavy (non-hydrogen) atoms. The van der Waals surface area contributed by atoms with E-state index < -0.39 is 0 Å². The third kappa shape index (κ3) is 8.54. The number of hydrogen-bond acceptors (Lipinski definition) is 5. The van der Waals surface area contributed by atoms with Gasteiger partial charge in [0.2, 0.25) is 0 Å². The minimum absolute atomic E-state index is 0.0125. The number of carbonyl (C=O) groups is 2. The fourth-order valence-corrected chi connectivity index (χ4v) is 3.07. The lowest BCUT2D eigenvalue weighted by molar-refractivity contribution is -0.146. The van der Waals surface area contributed by atoms with Crippen LogP contribution in [-0.2, 0) is 19.1 Å². The molecule has 0 aromatic rings. The van der Waals surface area contributed by atoms with Crippen molar-refractivity contribution >= 4 is 17.9 Å². The van der Waals surface area contributed by atoms with Crippen molar-refractivity contribution in [2.24, 2.45) is 10.9 Å². The number of esters is 2. The number of piperidine rings is 1. The van der Waals surface area contributed by atoms with Gasteiger partial charge in [-0.25, -0.2) is 0 Å². The Hall–Kier alpha value is -1.79. The molecule has 1 rings (SSSR count). The van der Waals surface area contributed by atoms with E-state index in [-0.39, 0.29) is 17.9 Å². The van der Waals surface area contributed by atoms with E-state index in [9.17, 15) is 9.59 Å². The smallest absolute Gasteiger partial charge is 0.308 e. The quantitative estimate of drug-likeness (QED) is 0.276. The third-order valence-electron chi connectivity index (χ3n) is 4.52. The Balaban J connectivity index is 2.27. The van der Waals surface area contributed by atoms with Crippen LogP contribution in [0.1, 0.15) is 58.8 Å². The molecule has 1 N–H and O–H groups in total. The first-order valence-electron chi connectivity index (χ1n) is 9.89. The van der Waals surface area contributed by atoms with Crippen molar-refractivity contribution in [2.75, 3.05) is 39.9 Å². The summed E-state index contributed by atoms with van der Waals surface area (Å²) >= 11 is 0. The van der Waals surface area contributed by atoms with Crippen LogP contribution < -0.4 is 5.32 Å². The van der Waals surface area contributed by atoms with Gasteiger partial charge in [-0.2, -0.15) is 0 Å². The predicted molar refractivity (Wildman–Crippen MR) is 102 cm³/mol. The number of methoxy groups -OCH3 is 1. The second-order valence-corrected chi connectivity index (χ2v) is 6.49. The number of nitrogens with zero attached hydrogens (tertiary/aromatic N) is 2.